The van der Waals surface area contributed by atoms with Crippen LogP contribution in [0, 0.1) is 0 Å². The number of halogens is 1. The van der Waals surface area contributed by atoms with Crippen LogP contribution in [0.5, 0.6) is 0 Å². The van der Waals surface area contributed by atoms with Crippen molar-refractivity contribution in [2.24, 2.45) is 0 Å². The Balaban J connectivity index is 1.80. The molecule has 1 aromatic heterocycles. The minimum atomic E-state index is -0.580. The molecule has 6 heteroatoms. The fraction of sp³-hybridized carbons (Fsp3) is 0.0435. The molecule has 4 aromatic rings. The second-order valence-corrected chi connectivity index (χ2v) is 7.01. The molecule has 0 saturated carbocycles. The molecule has 144 valence electrons. The van der Waals surface area contributed by atoms with E-state index in [0.29, 0.717) is 11.6 Å². The van der Waals surface area contributed by atoms with Gasteiger partial charge in [0.15, 0.2) is 0 Å². The van der Waals surface area contributed by atoms with Gasteiger partial charge in [0.1, 0.15) is 5.82 Å². The highest BCUT2D eigenvalue weighted by atomic mass is 35.5. The Morgan fingerprint density at radius 1 is 1.07 bits per heavy atom. The van der Waals surface area contributed by atoms with Crippen molar-refractivity contribution in [3.63, 3.8) is 0 Å². The van der Waals surface area contributed by atoms with E-state index in [1.807, 2.05) is 72.8 Å². The Labute approximate surface area is 172 Å². The number of nitrogens with zero attached hydrogens (tertiary/aromatic N) is 2. The summed E-state index contributed by atoms with van der Waals surface area (Å²) < 4.78 is 2.16. The summed E-state index contributed by atoms with van der Waals surface area (Å²) >= 11 is 6.17. The molecule has 0 radical (unpaired) electrons. The number of benzene rings is 3. The van der Waals surface area contributed by atoms with Crippen LogP contribution in [-0.2, 0) is 11.3 Å². The Morgan fingerprint density at radius 3 is 2.72 bits per heavy atom. The summed E-state index contributed by atoms with van der Waals surface area (Å²) in [6.45, 7) is 0.628. The second kappa shape index (κ2) is 8.31. The number of hydroxylamine groups is 1. The van der Waals surface area contributed by atoms with E-state index in [0.717, 1.165) is 33.5 Å². The van der Waals surface area contributed by atoms with Gasteiger partial charge in [-0.15, -0.1) is 0 Å². The number of hydrogen-bond donors (Lipinski definition) is 2. The number of fused-ring (bicyclic) bond motifs is 1. The quantitative estimate of drug-likeness (QED) is 0.282. The van der Waals surface area contributed by atoms with Gasteiger partial charge in [-0.05, 0) is 47.5 Å². The van der Waals surface area contributed by atoms with Crippen molar-refractivity contribution in [1.29, 1.82) is 0 Å². The van der Waals surface area contributed by atoms with Crippen molar-refractivity contribution < 1.29 is 10.0 Å². The maximum absolute atomic E-state index is 11.3. The molecule has 0 unspecified atom stereocenters. The lowest BCUT2D eigenvalue weighted by atomic mass is 10.1. The normalized spacial score (nSPS) is 11.2. The van der Waals surface area contributed by atoms with Crippen molar-refractivity contribution in [3.05, 3.63) is 95.0 Å². The van der Waals surface area contributed by atoms with Crippen LogP contribution >= 0.6 is 11.6 Å². The minimum absolute atomic E-state index is 0.580. The van der Waals surface area contributed by atoms with Gasteiger partial charge in [-0.3, -0.25) is 10.0 Å². The molecule has 3 aromatic carbocycles. The van der Waals surface area contributed by atoms with Gasteiger partial charge in [0.2, 0.25) is 0 Å². The predicted molar refractivity (Wildman–Crippen MR) is 115 cm³/mol. The number of rotatable bonds is 5. The van der Waals surface area contributed by atoms with Crippen LogP contribution in [0.4, 0.5) is 0 Å². The number of amides is 1. The molecule has 0 aliphatic heterocycles. The van der Waals surface area contributed by atoms with E-state index in [4.69, 9.17) is 21.8 Å². The van der Waals surface area contributed by atoms with Crippen LogP contribution in [0.3, 0.4) is 0 Å². The number of nitrogens with one attached hydrogen (secondary N) is 1. The first-order chi connectivity index (χ1) is 14.1. The fourth-order valence-electron chi connectivity index (χ4n) is 3.26. The maximum Gasteiger partial charge on any atom is 0.267 e. The lowest BCUT2D eigenvalue weighted by Gasteiger charge is -2.10. The highest BCUT2D eigenvalue weighted by Gasteiger charge is 2.13. The summed E-state index contributed by atoms with van der Waals surface area (Å²) in [5.74, 6) is 0.247. The van der Waals surface area contributed by atoms with Crippen LogP contribution in [0.25, 0.3) is 28.5 Å². The molecule has 0 aliphatic carbocycles. The molecule has 0 fully saturated rings. The molecule has 4 rings (SSSR count). The van der Waals surface area contributed by atoms with Crippen LogP contribution in [0.2, 0.25) is 5.02 Å². The number of imidazole rings is 1. The van der Waals surface area contributed by atoms with Gasteiger partial charge in [-0.25, -0.2) is 10.5 Å². The average molecular weight is 404 g/mol. The number of carbonyl (C=O) groups is 1. The van der Waals surface area contributed by atoms with E-state index in [1.54, 1.807) is 11.6 Å². The first-order valence-electron chi connectivity index (χ1n) is 9.06. The largest absolute Gasteiger partial charge is 0.319 e. The molecule has 0 bridgehead atoms. The molecule has 29 heavy (non-hydrogen) atoms. The van der Waals surface area contributed by atoms with Crippen LogP contribution in [0.15, 0.2) is 78.9 Å². The van der Waals surface area contributed by atoms with Crippen molar-refractivity contribution >= 4 is 34.6 Å². The summed E-state index contributed by atoms with van der Waals surface area (Å²) in [5, 5.41) is 9.35. The zero-order chi connectivity index (χ0) is 20.2. The third kappa shape index (κ3) is 4.21. The standard InChI is InChI=1S/C23H18ClN3O2/c24-19-8-4-6-17(14-19)15-27-21-10-2-1-9-20(21)25-23(27)18-7-3-5-16(13-18)11-12-22(28)26-29/h1-14,29H,15H2,(H,26,28). The lowest BCUT2D eigenvalue weighted by Crippen LogP contribution is -2.14. The second-order valence-electron chi connectivity index (χ2n) is 6.58. The van der Waals surface area contributed by atoms with Gasteiger partial charge in [-0.1, -0.05) is 54.1 Å². The van der Waals surface area contributed by atoms with E-state index in [1.165, 1.54) is 6.08 Å². The van der Waals surface area contributed by atoms with E-state index < -0.39 is 5.91 Å². The molecule has 0 spiro atoms. The molecule has 5 nitrogen and oxygen atoms in total. The maximum atomic E-state index is 11.3. The summed E-state index contributed by atoms with van der Waals surface area (Å²) in [5.41, 5.74) is 6.36. The Hall–Kier alpha value is -3.41. The smallest absolute Gasteiger partial charge is 0.267 e. The molecule has 1 amide bonds. The first kappa shape index (κ1) is 18.9. The number of aromatic nitrogens is 2. The summed E-state index contributed by atoms with van der Waals surface area (Å²) in [6, 6.07) is 23.5. The summed E-state index contributed by atoms with van der Waals surface area (Å²) in [7, 11) is 0. The zero-order valence-electron chi connectivity index (χ0n) is 15.4. The van der Waals surface area contributed by atoms with Crippen molar-refractivity contribution in [3.8, 4) is 11.4 Å². The SMILES string of the molecule is O=C(C=Cc1cccc(-c2nc3ccccc3n2Cc2cccc(Cl)c2)c1)NO. The zero-order valence-corrected chi connectivity index (χ0v) is 16.2. The van der Waals surface area contributed by atoms with Gasteiger partial charge < -0.3 is 4.57 Å². The molecule has 1 heterocycles. The molecule has 0 saturated heterocycles. The topological polar surface area (TPSA) is 67.2 Å². The van der Waals surface area contributed by atoms with Crippen molar-refractivity contribution in [2.75, 3.05) is 0 Å². The lowest BCUT2D eigenvalue weighted by molar-refractivity contribution is -0.124. The molecular weight excluding hydrogens is 386 g/mol. The predicted octanol–water partition coefficient (Wildman–Crippen LogP) is 4.92. The molecular formula is C23H18ClN3O2. The Kier molecular flexibility index (Phi) is 5.42. The van der Waals surface area contributed by atoms with E-state index in [2.05, 4.69) is 4.57 Å². The number of hydrogen-bond acceptors (Lipinski definition) is 3. The van der Waals surface area contributed by atoms with Gasteiger partial charge in [-0.2, -0.15) is 0 Å². The summed E-state index contributed by atoms with van der Waals surface area (Å²) in [6.07, 6.45) is 2.91. The summed E-state index contributed by atoms with van der Waals surface area (Å²) in [4.78, 5) is 16.1. The highest BCUT2D eigenvalue weighted by Crippen LogP contribution is 2.27. The van der Waals surface area contributed by atoms with Crippen LogP contribution in [0.1, 0.15) is 11.1 Å². The van der Waals surface area contributed by atoms with Crippen molar-refractivity contribution in [1.82, 2.24) is 15.0 Å². The fourth-order valence-corrected chi connectivity index (χ4v) is 3.48. The molecule has 0 atom stereocenters. The van der Waals surface area contributed by atoms with Gasteiger partial charge in [0.25, 0.3) is 5.91 Å². The number of carbonyl (C=O) groups excluding carboxylic acids is 1. The van der Waals surface area contributed by atoms with E-state index in [-0.39, 0.29) is 0 Å². The monoisotopic (exact) mass is 403 g/mol. The minimum Gasteiger partial charge on any atom is -0.319 e. The van der Waals surface area contributed by atoms with Gasteiger partial charge >= 0.3 is 0 Å². The van der Waals surface area contributed by atoms with Gasteiger partial charge in [0, 0.05) is 23.2 Å². The van der Waals surface area contributed by atoms with Crippen LogP contribution in [-0.4, -0.2) is 20.7 Å². The highest BCUT2D eigenvalue weighted by molar-refractivity contribution is 6.30. The van der Waals surface area contributed by atoms with E-state index >= 15 is 0 Å². The third-order valence-electron chi connectivity index (χ3n) is 4.57. The van der Waals surface area contributed by atoms with Crippen LogP contribution < -0.4 is 5.48 Å². The first-order valence-corrected chi connectivity index (χ1v) is 9.44. The molecule has 0 aliphatic rings. The Bertz CT molecular complexity index is 1210. The Morgan fingerprint density at radius 2 is 1.90 bits per heavy atom. The molecule has 2 N–H and O–H groups in total. The van der Waals surface area contributed by atoms with E-state index in [9.17, 15) is 4.79 Å². The van der Waals surface area contributed by atoms with Crippen molar-refractivity contribution in [2.45, 2.75) is 6.54 Å². The van der Waals surface area contributed by atoms with Gasteiger partial charge in [0.05, 0.1) is 11.0 Å². The average Bonchev–Trinajstić information content (AvgIpc) is 3.11. The number of para-hydroxylation sites is 2. The third-order valence-corrected chi connectivity index (χ3v) is 4.80.